The summed E-state index contributed by atoms with van der Waals surface area (Å²) >= 11 is 1.50. The molecule has 0 aliphatic carbocycles. The van der Waals surface area contributed by atoms with Crippen LogP contribution in [0.15, 0.2) is 40.0 Å². The largest absolute Gasteiger partial charge is 0.306 e. The Hall–Kier alpha value is -2.03. The number of rotatable bonds is 4. The highest BCUT2D eigenvalue weighted by Crippen LogP contribution is 2.25. The molecular weight excluding hydrogens is 346 g/mol. The molecule has 24 heavy (non-hydrogen) atoms. The van der Waals surface area contributed by atoms with Crippen molar-refractivity contribution in [2.75, 3.05) is 14.1 Å². The summed E-state index contributed by atoms with van der Waals surface area (Å²) in [5.41, 5.74) is 0.481. The zero-order valence-corrected chi connectivity index (χ0v) is 15.2. The molecule has 0 aliphatic rings. The number of aromatic nitrogens is 2. The van der Waals surface area contributed by atoms with Crippen molar-refractivity contribution in [3.05, 3.63) is 45.6 Å². The first-order valence-electron chi connectivity index (χ1n) is 7.38. The van der Waals surface area contributed by atoms with E-state index in [1.54, 1.807) is 12.1 Å². The molecule has 3 rings (SSSR count). The van der Waals surface area contributed by atoms with Gasteiger partial charge in [-0.05, 0) is 36.8 Å². The predicted molar refractivity (Wildman–Crippen MR) is 95.9 cm³/mol. The van der Waals surface area contributed by atoms with Gasteiger partial charge in [-0.15, -0.1) is 11.3 Å². The fourth-order valence-corrected chi connectivity index (χ4v) is 4.16. The third kappa shape index (κ3) is 2.88. The van der Waals surface area contributed by atoms with Crippen molar-refractivity contribution in [3.63, 3.8) is 0 Å². The summed E-state index contributed by atoms with van der Waals surface area (Å²) in [6, 6.07) is 8.19. The van der Waals surface area contributed by atoms with Gasteiger partial charge in [-0.1, -0.05) is 6.92 Å². The first-order valence-corrected chi connectivity index (χ1v) is 9.64. The minimum absolute atomic E-state index is 0.184. The molecule has 0 aliphatic heterocycles. The number of nitrogens with one attached hydrogen (secondary N) is 1. The normalized spacial score (nSPS) is 12.2. The van der Waals surface area contributed by atoms with Crippen molar-refractivity contribution in [2.45, 2.75) is 18.2 Å². The van der Waals surface area contributed by atoms with Crippen molar-refractivity contribution in [1.29, 1.82) is 0 Å². The van der Waals surface area contributed by atoms with E-state index in [0.717, 1.165) is 15.6 Å². The van der Waals surface area contributed by atoms with E-state index in [-0.39, 0.29) is 10.5 Å². The van der Waals surface area contributed by atoms with Crippen LogP contribution in [0.2, 0.25) is 0 Å². The summed E-state index contributed by atoms with van der Waals surface area (Å²) < 4.78 is 25.4. The van der Waals surface area contributed by atoms with Crippen LogP contribution in [0.3, 0.4) is 0 Å². The monoisotopic (exact) mass is 363 g/mol. The van der Waals surface area contributed by atoms with E-state index in [0.29, 0.717) is 21.6 Å². The Morgan fingerprint density at radius 1 is 1.21 bits per heavy atom. The molecule has 0 radical (unpaired) electrons. The average molecular weight is 363 g/mol. The summed E-state index contributed by atoms with van der Waals surface area (Å²) in [7, 11) is -0.507. The fraction of sp³-hybridized carbons (Fsp3) is 0.250. The van der Waals surface area contributed by atoms with E-state index < -0.39 is 10.0 Å². The molecule has 0 atom stereocenters. The van der Waals surface area contributed by atoms with Crippen molar-refractivity contribution < 1.29 is 8.42 Å². The van der Waals surface area contributed by atoms with Crippen LogP contribution >= 0.6 is 11.3 Å². The number of aromatic amines is 1. The number of aryl methyl sites for hydroxylation is 1. The molecule has 126 valence electrons. The van der Waals surface area contributed by atoms with Gasteiger partial charge in [0.2, 0.25) is 10.0 Å². The van der Waals surface area contributed by atoms with Crippen molar-refractivity contribution in [3.8, 4) is 11.4 Å². The molecule has 0 fully saturated rings. The molecule has 3 aromatic rings. The quantitative estimate of drug-likeness (QED) is 0.772. The molecule has 1 aromatic carbocycles. The lowest BCUT2D eigenvalue weighted by Gasteiger charge is -2.11. The second-order valence-corrected chi connectivity index (χ2v) is 8.78. The SMILES string of the molecule is CCc1cc2c(=O)[nH]c(-c3ccc(S(=O)(=O)N(C)C)cc3)nc2s1. The van der Waals surface area contributed by atoms with Crippen LogP contribution in [0.4, 0.5) is 0 Å². The van der Waals surface area contributed by atoms with E-state index in [1.807, 2.05) is 13.0 Å². The van der Waals surface area contributed by atoms with Gasteiger partial charge in [0, 0.05) is 24.5 Å². The molecule has 8 heteroatoms. The molecule has 2 heterocycles. The summed E-state index contributed by atoms with van der Waals surface area (Å²) in [5.74, 6) is 0.436. The summed E-state index contributed by atoms with van der Waals surface area (Å²) in [4.78, 5) is 21.5. The highest BCUT2D eigenvalue weighted by molar-refractivity contribution is 7.89. The maximum atomic E-state index is 12.2. The maximum absolute atomic E-state index is 12.2. The highest BCUT2D eigenvalue weighted by atomic mass is 32.2. The van der Waals surface area contributed by atoms with Gasteiger partial charge in [0.1, 0.15) is 10.7 Å². The number of sulfonamides is 1. The minimum atomic E-state index is -3.48. The van der Waals surface area contributed by atoms with Gasteiger partial charge in [0.15, 0.2) is 0 Å². The van der Waals surface area contributed by atoms with Gasteiger partial charge >= 0.3 is 0 Å². The van der Waals surface area contributed by atoms with Crippen LogP contribution in [0, 0.1) is 0 Å². The molecule has 1 N–H and O–H groups in total. The second kappa shape index (κ2) is 6.12. The van der Waals surface area contributed by atoms with Crippen LogP contribution in [-0.2, 0) is 16.4 Å². The van der Waals surface area contributed by atoms with Crippen LogP contribution in [-0.4, -0.2) is 36.8 Å². The van der Waals surface area contributed by atoms with E-state index in [9.17, 15) is 13.2 Å². The molecular formula is C16H17N3O3S2. The Morgan fingerprint density at radius 2 is 1.88 bits per heavy atom. The molecule has 2 aromatic heterocycles. The van der Waals surface area contributed by atoms with Crippen LogP contribution in [0.5, 0.6) is 0 Å². The number of thiophene rings is 1. The number of H-pyrrole nitrogens is 1. The molecule has 6 nitrogen and oxygen atoms in total. The smallest absolute Gasteiger partial charge is 0.259 e. The Bertz CT molecular complexity index is 1050. The van der Waals surface area contributed by atoms with Crippen molar-refractivity contribution >= 4 is 31.6 Å². The summed E-state index contributed by atoms with van der Waals surface area (Å²) in [6.07, 6.45) is 0.854. The molecule has 0 unspecified atom stereocenters. The molecule has 0 amide bonds. The molecule has 0 bridgehead atoms. The molecule has 0 saturated heterocycles. The first kappa shape index (κ1) is 16.8. The van der Waals surface area contributed by atoms with Crippen molar-refractivity contribution in [2.24, 2.45) is 0 Å². The topological polar surface area (TPSA) is 83.1 Å². The Balaban J connectivity index is 2.06. The summed E-state index contributed by atoms with van der Waals surface area (Å²) in [6.45, 7) is 2.03. The standard InChI is InChI=1S/C16H17N3O3S2/c1-4-11-9-13-15(20)17-14(18-16(13)23-11)10-5-7-12(8-6-10)24(21,22)19(2)3/h5-9H,4H2,1-3H3,(H,17,18,20). The lowest BCUT2D eigenvalue weighted by Crippen LogP contribution is -2.22. The highest BCUT2D eigenvalue weighted by Gasteiger charge is 2.17. The van der Waals surface area contributed by atoms with Gasteiger partial charge in [-0.3, -0.25) is 4.79 Å². The third-order valence-corrected chi connectivity index (χ3v) is 6.71. The zero-order valence-electron chi connectivity index (χ0n) is 13.5. The molecule has 0 saturated carbocycles. The van der Waals surface area contributed by atoms with Gasteiger partial charge in [-0.25, -0.2) is 17.7 Å². The van der Waals surface area contributed by atoms with E-state index >= 15 is 0 Å². The molecule has 0 spiro atoms. The Labute approximate surface area is 143 Å². The minimum Gasteiger partial charge on any atom is -0.306 e. The van der Waals surface area contributed by atoms with Crippen LogP contribution in [0.25, 0.3) is 21.6 Å². The predicted octanol–water partition coefficient (Wildman–Crippen LogP) is 2.46. The maximum Gasteiger partial charge on any atom is 0.259 e. The number of fused-ring (bicyclic) bond motifs is 1. The lowest BCUT2D eigenvalue weighted by molar-refractivity contribution is 0.521. The number of hydrogen-bond donors (Lipinski definition) is 1. The van der Waals surface area contributed by atoms with Crippen LogP contribution in [0.1, 0.15) is 11.8 Å². The zero-order chi connectivity index (χ0) is 17.5. The van der Waals surface area contributed by atoms with Crippen molar-refractivity contribution in [1.82, 2.24) is 14.3 Å². The summed E-state index contributed by atoms with van der Waals surface area (Å²) in [5, 5.41) is 0.590. The third-order valence-electron chi connectivity index (χ3n) is 3.71. The number of benzene rings is 1. The van der Waals surface area contributed by atoms with E-state index in [2.05, 4.69) is 9.97 Å². The van der Waals surface area contributed by atoms with Gasteiger partial charge in [-0.2, -0.15) is 0 Å². The van der Waals surface area contributed by atoms with E-state index in [4.69, 9.17) is 0 Å². The number of nitrogens with zero attached hydrogens (tertiary/aromatic N) is 2. The lowest BCUT2D eigenvalue weighted by atomic mass is 10.2. The second-order valence-electron chi connectivity index (χ2n) is 5.51. The Kier molecular flexibility index (Phi) is 4.29. The fourth-order valence-electron chi connectivity index (χ4n) is 2.29. The first-order chi connectivity index (χ1) is 11.3. The Morgan fingerprint density at radius 3 is 2.46 bits per heavy atom. The van der Waals surface area contributed by atoms with Gasteiger partial charge in [0.05, 0.1) is 10.3 Å². The average Bonchev–Trinajstić information content (AvgIpc) is 2.98. The van der Waals surface area contributed by atoms with Gasteiger partial charge < -0.3 is 4.98 Å². The van der Waals surface area contributed by atoms with Crippen LogP contribution < -0.4 is 5.56 Å². The van der Waals surface area contributed by atoms with E-state index in [1.165, 1.54) is 37.6 Å². The number of hydrogen-bond acceptors (Lipinski definition) is 5. The van der Waals surface area contributed by atoms with Gasteiger partial charge in [0.25, 0.3) is 5.56 Å².